The molecule has 1 N–H and O–H groups in total. The predicted molar refractivity (Wildman–Crippen MR) is 127 cm³/mol. The molecule has 1 fully saturated rings. The van der Waals surface area contributed by atoms with Crippen LogP contribution in [0.4, 0.5) is 17.6 Å². The lowest BCUT2D eigenvalue weighted by Crippen LogP contribution is -2.38. The van der Waals surface area contributed by atoms with Crippen LogP contribution in [0.25, 0.3) is 22.8 Å². The lowest BCUT2D eigenvalue weighted by Gasteiger charge is -2.37. The summed E-state index contributed by atoms with van der Waals surface area (Å²) in [5.41, 5.74) is -1.72. The standard InChI is InChI=1S/C27H23F4N5O2/c1-25(2)14-7-8-27(25,22-13(14)9-17(35-36-22)21-15(28)5-4-6-16(21)29)19-11-32-10-18(33-19)23-34-20(12-38-23)26(3,37)24(30)31/h4-6,9-12,14,24,37H,7-8H2,1-3H3/t14-,26-,27-/m0/s1. The van der Waals surface area contributed by atoms with E-state index >= 15 is 0 Å². The Balaban J connectivity index is 1.46. The van der Waals surface area contributed by atoms with Crippen molar-refractivity contribution in [2.24, 2.45) is 5.41 Å². The first-order valence-electron chi connectivity index (χ1n) is 12.1. The molecule has 2 aliphatic rings. The van der Waals surface area contributed by atoms with Crippen molar-refractivity contribution in [1.29, 1.82) is 0 Å². The van der Waals surface area contributed by atoms with Gasteiger partial charge in [-0.05, 0) is 54.9 Å². The fraction of sp³-hybridized carbons (Fsp3) is 0.370. The molecule has 0 aliphatic heterocycles. The van der Waals surface area contributed by atoms with Gasteiger partial charge in [-0.3, -0.25) is 4.98 Å². The second kappa shape index (κ2) is 8.13. The monoisotopic (exact) mass is 525 g/mol. The van der Waals surface area contributed by atoms with Gasteiger partial charge in [-0.15, -0.1) is 5.10 Å². The Labute approximate surface area is 215 Å². The van der Waals surface area contributed by atoms with E-state index in [-0.39, 0.29) is 34.5 Å². The maximum atomic E-state index is 14.5. The summed E-state index contributed by atoms with van der Waals surface area (Å²) >= 11 is 0. The molecule has 1 aromatic carbocycles. The van der Waals surface area contributed by atoms with Crippen molar-refractivity contribution >= 4 is 0 Å². The van der Waals surface area contributed by atoms with Gasteiger partial charge in [0.2, 0.25) is 5.89 Å². The van der Waals surface area contributed by atoms with Crippen molar-refractivity contribution in [2.45, 2.75) is 57.0 Å². The molecule has 3 atom stereocenters. The number of fused-ring (bicyclic) bond motifs is 5. The van der Waals surface area contributed by atoms with Crippen molar-refractivity contribution in [2.75, 3.05) is 0 Å². The number of rotatable bonds is 5. The summed E-state index contributed by atoms with van der Waals surface area (Å²) in [6.07, 6.45) is 2.41. The topological polar surface area (TPSA) is 97.8 Å². The minimum atomic E-state index is -3.07. The predicted octanol–water partition coefficient (Wildman–Crippen LogP) is 5.54. The minimum Gasteiger partial charge on any atom is -0.443 e. The maximum Gasteiger partial charge on any atom is 0.272 e. The highest BCUT2D eigenvalue weighted by Crippen LogP contribution is 2.69. The first-order chi connectivity index (χ1) is 18.0. The van der Waals surface area contributed by atoms with Crippen LogP contribution in [-0.4, -0.2) is 36.7 Å². The van der Waals surface area contributed by atoms with Crippen molar-refractivity contribution < 1.29 is 27.1 Å². The van der Waals surface area contributed by atoms with Crippen LogP contribution in [0.2, 0.25) is 0 Å². The summed E-state index contributed by atoms with van der Waals surface area (Å²) in [5, 5.41) is 18.8. The van der Waals surface area contributed by atoms with Gasteiger partial charge in [0, 0.05) is 6.20 Å². The number of hydrogen-bond donors (Lipinski definition) is 1. The summed E-state index contributed by atoms with van der Waals surface area (Å²) in [7, 11) is 0. The molecular formula is C27H23F4N5O2. The van der Waals surface area contributed by atoms with Crippen LogP contribution in [0.5, 0.6) is 0 Å². The van der Waals surface area contributed by atoms with Crippen LogP contribution < -0.4 is 0 Å². The first-order valence-corrected chi connectivity index (χ1v) is 12.1. The molecule has 3 heterocycles. The summed E-state index contributed by atoms with van der Waals surface area (Å²) in [6.45, 7) is 5.14. The number of oxazole rings is 1. The zero-order valence-electron chi connectivity index (χ0n) is 20.7. The highest BCUT2D eigenvalue weighted by atomic mass is 19.3. The first kappa shape index (κ1) is 24.6. The van der Waals surface area contributed by atoms with Crippen molar-refractivity contribution in [3.63, 3.8) is 0 Å². The molecule has 0 unspecified atom stereocenters. The van der Waals surface area contributed by atoms with E-state index in [4.69, 9.17) is 9.40 Å². The van der Waals surface area contributed by atoms with E-state index in [0.29, 0.717) is 17.8 Å². The number of halogens is 4. The zero-order valence-corrected chi connectivity index (χ0v) is 20.7. The number of benzene rings is 1. The Bertz CT molecular complexity index is 1550. The number of nitrogens with zero attached hydrogens (tertiary/aromatic N) is 5. The van der Waals surface area contributed by atoms with Crippen LogP contribution in [-0.2, 0) is 11.0 Å². The highest BCUT2D eigenvalue weighted by molar-refractivity contribution is 5.64. The third-order valence-corrected chi connectivity index (χ3v) is 8.34. The Hall–Kier alpha value is -3.73. The van der Waals surface area contributed by atoms with Crippen molar-refractivity contribution in [3.8, 4) is 22.8 Å². The lowest BCUT2D eigenvalue weighted by atomic mass is 9.66. The largest absolute Gasteiger partial charge is 0.443 e. The van der Waals surface area contributed by atoms with Gasteiger partial charge >= 0.3 is 0 Å². The summed E-state index contributed by atoms with van der Waals surface area (Å²) in [4.78, 5) is 13.1. The van der Waals surface area contributed by atoms with Gasteiger partial charge in [0.1, 0.15) is 29.3 Å². The molecule has 2 aliphatic carbocycles. The van der Waals surface area contributed by atoms with E-state index in [9.17, 15) is 22.7 Å². The molecule has 2 bridgehead atoms. The molecular weight excluding hydrogens is 502 g/mol. The van der Waals surface area contributed by atoms with E-state index in [1.165, 1.54) is 24.4 Å². The molecule has 196 valence electrons. The van der Waals surface area contributed by atoms with Crippen molar-refractivity contribution in [3.05, 3.63) is 77.2 Å². The van der Waals surface area contributed by atoms with E-state index in [2.05, 4.69) is 34.0 Å². The minimum absolute atomic E-state index is 0.0292. The van der Waals surface area contributed by atoms with Gasteiger partial charge in [-0.1, -0.05) is 19.9 Å². The van der Waals surface area contributed by atoms with E-state index in [1.54, 1.807) is 12.3 Å². The normalized spacial score (nSPS) is 23.0. The highest BCUT2D eigenvalue weighted by Gasteiger charge is 2.65. The Kier molecular flexibility index (Phi) is 5.26. The average Bonchev–Trinajstić information content (AvgIpc) is 3.53. The van der Waals surface area contributed by atoms with Crippen LogP contribution in [0.3, 0.4) is 0 Å². The van der Waals surface area contributed by atoms with Crippen LogP contribution in [0.1, 0.15) is 62.2 Å². The number of aromatic nitrogens is 5. The summed E-state index contributed by atoms with van der Waals surface area (Å²) < 4.78 is 60.9. The summed E-state index contributed by atoms with van der Waals surface area (Å²) in [5.74, 6) is -1.47. The molecule has 3 aromatic heterocycles. The number of hydrogen-bond acceptors (Lipinski definition) is 7. The average molecular weight is 526 g/mol. The molecule has 38 heavy (non-hydrogen) atoms. The fourth-order valence-corrected chi connectivity index (χ4v) is 6.17. The summed E-state index contributed by atoms with van der Waals surface area (Å²) in [6, 6.07) is 5.37. The molecule has 0 spiro atoms. The molecule has 1 saturated carbocycles. The zero-order chi connectivity index (χ0) is 27.0. The Morgan fingerprint density at radius 1 is 1.08 bits per heavy atom. The van der Waals surface area contributed by atoms with E-state index in [1.807, 2.05) is 0 Å². The van der Waals surface area contributed by atoms with Gasteiger partial charge in [-0.2, -0.15) is 5.10 Å². The quantitative estimate of drug-likeness (QED) is 0.342. The van der Waals surface area contributed by atoms with Gasteiger partial charge < -0.3 is 9.52 Å². The molecule has 6 rings (SSSR count). The third-order valence-electron chi connectivity index (χ3n) is 8.34. The SMILES string of the molecule is CC1(C)[C@H]2CC[C@]1(c1cncc(-c3nc([C@](C)(O)C(F)F)co3)n1)c1nnc(-c3c(F)cccc3F)cc12. The Morgan fingerprint density at radius 3 is 2.53 bits per heavy atom. The van der Waals surface area contributed by atoms with Crippen LogP contribution >= 0.6 is 0 Å². The van der Waals surface area contributed by atoms with Gasteiger partial charge in [0.05, 0.1) is 34.3 Å². The second-order valence-electron chi connectivity index (χ2n) is 10.6. The number of aliphatic hydroxyl groups is 1. The van der Waals surface area contributed by atoms with E-state index in [0.717, 1.165) is 25.2 Å². The van der Waals surface area contributed by atoms with Crippen LogP contribution in [0.15, 0.2) is 47.3 Å². The fourth-order valence-electron chi connectivity index (χ4n) is 6.17. The van der Waals surface area contributed by atoms with Gasteiger partial charge in [0.25, 0.3) is 6.43 Å². The molecule has 11 heteroatoms. The van der Waals surface area contributed by atoms with Crippen molar-refractivity contribution in [1.82, 2.24) is 25.1 Å². The maximum absolute atomic E-state index is 14.5. The second-order valence-corrected chi connectivity index (χ2v) is 10.6. The van der Waals surface area contributed by atoms with Gasteiger partial charge in [-0.25, -0.2) is 27.5 Å². The molecule has 0 saturated heterocycles. The lowest BCUT2D eigenvalue weighted by molar-refractivity contribution is -0.0910. The molecule has 4 aromatic rings. The smallest absolute Gasteiger partial charge is 0.272 e. The Morgan fingerprint density at radius 2 is 1.82 bits per heavy atom. The molecule has 0 radical (unpaired) electrons. The third kappa shape index (κ3) is 3.20. The number of alkyl halides is 2. The molecule has 7 nitrogen and oxygen atoms in total. The van der Waals surface area contributed by atoms with Crippen LogP contribution in [0, 0.1) is 17.0 Å². The van der Waals surface area contributed by atoms with Gasteiger partial charge in [0.15, 0.2) is 5.60 Å². The van der Waals surface area contributed by atoms with E-state index < -0.39 is 34.5 Å². The molecule has 0 amide bonds.